The van der Waals surface area contributed by atoms with Crippen LogP contribution in [-0.2, 0) is 9.53 Å². The van der Waals surface area contributed by atoms with Crippen LogP contribution in [0.4, 0.5) is 0 Å². The second-order valence-electron chi connectivity index (χ2n) is 3.55. The Bertz CT molecular complexity index is 226. The van der Waals surface area contributed by atoms with Gasteiger partial charge in [-0.2, -0.15) is 0 Å². The van der Waals surface area contributed by atoms with Gasteiger partial charge in [-0.3, -0.25) is 4.79 Å². The minimum atomic E-state index is -0.135. The number of rotatable bonds is 3. The van der Waals surface area contributed by atoms with Gasteiger partial charge in [0.15, 0.2) is 0 Å². The lowest BCUT2D eigenvalue weighted by Gasteiger charge is -2.22. The predicted octanol–water partition coefficient (Wildman–Crippen LogP) is 0.941. The maximum Gasteiger partial charge on any atom is 0.226 e. The van der Waals surface area contributed by atoms with E-state index in [0.29, 0.717) is 6.61 Å². The van der Waals surface area contributed by atoms with E-state index in [1.54, 1.807) is 0 Å². The Morgan fingerprint density at radius 2 is 2.57 bits per heavy atom. The molecule has 0 saturated carbocycles. The topological polar surface area (TPSA) is 38.3 Å². The Kier molecular flexibility index (Phi) is 4.48. The SMILES string of the molecule is C#CC(CC)NC(=O)C1CCCOC1. The quantitative estimate of drug-likeness (QED) is 0.681. The highest BCUT2D eigenvalue weighted by Gasteiger charge is 2.22. The van der Waals surface area contributed by atoms with Gasteiger partial charge in [-0.15, -0.1) is 6.42 Å². The highest BCUT2D eigenvalue weighted by molar-refractivity contribution is 5.79. The van der Waals surface area contributed by atoms with Crippen molar-refractivity contribution in [3.05, 3.63) is 0 Å². The summed E-state index contributed by atoms with van der Waals surface area (Å²) in [4.78, 5) is 11.6. The fourth-order valence-corrected chi connectivity index (χ4v) is 1.50. The first-order chi connectivity index (χ1) is 6.77. The summed E-state index contributed by atoms with van der Waals surface area (Å²) in [5.74, 6) is 2.58. The summed E-state index contributed by atoms with van der Waals surface area (Å²) < 4.78 is 5.24. The number of nitrogens with one attached hydrogen (secondary N) is 1. The average Bonchev–Trinajstić information content (AvgIpc) is 2.26. The van der Waals surface area contributed by atoms with Gasteiger partial charge in [0, 0.05) is 6.61 Å². The number of carbonyl (C=O) groups excluding carboxylic acids is 1. The molecule has 2 atom stereocenters. The second kappa shape index (κ2) is 5.66. The molecular weight excluding hydrogens is 178 g/mol. The Morgan fingerprint density at radius 1 is 1.79 bits per heavy atom. The molecule has 1 N–H and O–H groups in total. The largest absolute Gasteiger partial charge is 0.381 e. The summed E-state index contributed by atoms with van der Waals surface area (Å²) >= 11 is 0. The maximum atomic E-state index is 11.6. The first kappa shape index (κ1) is 11.1. The third-order valence-corrected chi connectivity index (χ3v) is 2.46. The fraction of sp³-hybridized carbons (Fsp3) is 0.727. The summed E-state index contributed by atoms with van der Waals surface area (Å²) in [6, 6.07) is -0.135. The van der Waals surface area contributed by atoms with Crippen molar-refractivity contribution in [3.63, 3.8) is 0 Å². The van der Waals surface area contributed by atoms with Gasteiger partial charge in [0.05, 0.1) is 18.6 Å². The Morgan fingerprint density at radius 3 is 3.07 bits per heavy atom. The number of carbonyl (C=O) groups is 1. The molecule has 78 valence electrons. The van der Waals surface area contributed by atoms with E-state index in [4.69, 9.17) is 11.2 Å². The minimum absolute atomic E-state index is 0.00819. The van der Waals surface area contributed by atoms with E-state index in [9.17, 15) is 4.79 Å². The first-order valence-electron chi connectivity index (χ1n) is 5.12. The molecule has 0 aromatic rings. The molecule has 3 nitrogen and oxygen atoms in total. The number of amides is 1. The van der Waals surface area contributed by atoms with Crippen LogP contribution in [0.2, 0.25) is 0 Å². The molecule has 1 heterocycles. The van der Waals surface area contributed by atoms with Gasteiger partial charge in [-0.25, -0.2) is 0 Å². The Labute approximate surface area is 85.2 Å². The number of terminal acetylenes is 1. The summed E-state index contributed by atoms with van der Waals surface area (Å²) in [5.41, 5.74) is 0. The van der Waals surface area contributed by atoms with Crippen molar-refractivity contribution in [3.8, 4) is 12.3 Å². The van der Waals surface area contributed by atoms with Crippen LogP contribution in [0.25, 0.3) is 0 Å². The van der Waals surface area contributed by atoms with Crippen molar-refractivity contribution < 1.29 is 9.53 Å². The first-order valence-corrected chi connectivity index (χ1v) is 5.12. The van der Waals surface area contributed by atoms with Crippen molar-refractivity contribution in [2.45, 2.75) is 32.2 Å². The van der Waals surface area contributed by atoms with Crippen LogP contribution < -0.4 is 5.32 Å². The molecule has 0 aromatic heterocycles. The van der Waals surface area contributed by atoms with Gasteiger partial charge in [0.25, 0.3) is 0 Å². The number of ether oxygens (including phenoxy) is 1. The normalized spacial score (nSPS) is 23.6. The van der Waals surface area contributed by atoms with Crippen molar-refractivity contribution in [2.24, 2.45) is 5.92 Å². The molecule has 0 spiro atoms. The third-order valence-electron chi connectivity index (χ3n) is 2.46. The van der Waals surface area contributed by atoms with Crippen LogP contribution >= 0.6 is 0 Å². The highest BCUT2D eigenvalue weighted by atomic mass is 16.5. The van der Waals surface area contributed by atoms with E-state index in [1.807, 2.05) is 6.92 Å². The van der Waals surface area contributed by atoms with Gasteiger partial charge < -0.3 is 10.1 Å². The third kappa shape index (κ3) is 3.04. The number of hydrogen-bond acceptors (Lipinski definition) is 2. The van der Waals surface area contributed by atoms with E-state index in [2.05, 4.69) is 11.2 Å². The molecule has 0 aliphatic carbocycles. The molecule has 1 fully saturated rings. The van der Waals surface area contributed by atoms with Crippen molar-refractivity contribution in [1.82, 2.24) is 5.32 Å². The van der Waals surface area contributed by atoms with E-state index < -0.39 is 0 Å². The molecule has 1 aliphatic heterocycles. The Balaban J connectivity index is 2.36. The van der Waals surface area contributed by atoms with Gasteiger partial charge in [0.2, 0.25) is 5.91 Å². The van der Waals surface area contributed by atoms with Crippen molar-refractivity contribution in [2.75, 3.05) is 13.2 Å². The lowest BCUT2D eigenvalue weighted by atomic mass is 10.0. The summed E-state index contributed by atoms with van der Waals surface area (Å²) in [7, 11) is 0. The van der Waals surface area contributed by atoms with Gasteiger partial charge >= 0.3 is 0 Å². The molecule has 14 heavy (non-hydrogen) atoms. The molecular formula is C11H17NO2. The Hall–Kier alpha value is -1.01. The summed E-state index contributed by atoms with van der Waals surface area (Å²) in [6.07, 6.45) is 7.91. The van der Waals surface area contributed by atoms with Crippen LogP contribution in [0.5, 0.6) is 0 Å². The molecule has 1 rings (SSSR count). The predicted molar refractivity (Wildman–Crippen MR) is 54.6 cm³/mol. The fourth-order valence-electron chi connectivity index (χ4n) is 1.50. The van der Waals surface area contributed by atoms with E-state index in [0.717, 1.165) is 25.9 Å². The zero-order valence-electron chi connectivity index (χ0n) is 8.58. The molecule has 1 saturated heterocycles. The van der Waals surface area contributed by atoms with Crippen LogP contribution in [0.1, 0.15) is 26.2 Å². The summed E-state index contributed by atoms with van der Waals surface area (Å²) in [5, 5.41) is 2.83. The molecule has 1 aliphatic rings. The molecule has 0 bridgehead atoms. The molecule has 3 heteroatoms. The number of hydrogen-bond donors (Lipinski definition) is 1. The van der Waals surface area contributed by atoms with Crippen molar-refractivity contribution in [1.29, 1.82) is 0 Å². The lowest BCUT2D eigenvalue weighted by molar-refractivity contribution is -0.129. The van der Waals surface area contributed by atoms with Gasteiger partial charge in [-0.1, -0.05) is 12.8 Å². The van der Waals surface area contributed by atoms with Crippen LogP contribution in [-0.4, -0.2) is 25.2 Å². The monoisotopic (exact) mass is 195 g/mol. The van der Waals surface area contributed by atoms with E-state index in [1.165, 1.54) is 0 Å². The molecule has 1 amide bonds. The standard InChI is InChI=1S/C11H17NO2/c1-3-10(4-2)12-11(13)9-6-5-7-14-8-9/h1,9-10H,4-8H2,2H3,(H,12,13). The van der Waals surface area contributed by atoms with Crippen LogP contribution in [0, 0.1) is 18.3 Å². The maximum absolute atomic E-state index is 11.6. The van der Waals surface area contributed by atoms with Gasteiger partial charge in [-0.05, 0) is 19.3 Å². The smallest absolute Gasteiger partial charge is 0.226 e. The average molecular weight is 195 g/mol. The van der Waals surface area contributed by atoms with E-state index >= 15 is 0 Å². The lowest BCUT2D eigenvalue weighted by Crippen LogP contribution is -2.40. The molecule has 0 aromatic carbocycles. The second-order valence-corrected chi connectivity index (χ2v) is 3.55. The van der Waals surface area contributed by atoms with Crippen LogP contribution in [0.3, 0.4) is 0 Å². The highest BCUT2D eigenvalue weighted by Crippen LogP contribution is 2.13. The molecule has 0 radical (unpaired) electrons. The zero-order chi connectivity index (χ0) is 10.4. The zero-order valence-corrected chi connectivity index (χ0v) is 8.58. The molecule has 2 unspecified atom stereocenters. The van der Waals surface area contributed by atoms with Crippen LogP contribution in [0.15, 0.2) is 0 Å². The van der Waals surface area contributed by atoms with E-state index in [-0.39, 0.29) is 17.9 Å². The minimum Gasteiger partial charge on any atom is -0.381 e. The van der Waals surface area contributed by atoms with Crippen molar-refractivity contribution >= 4 is 5.91 Å². The summed E-state index contributed by atoms with van der Waals surface area (Å²) in [6.45, 7) is 3.27. The van der Waals surface area contributed by atoms with Gasteiger partial charge in [0.1, 0.15) is 0 Å².